The molecule has 0 heterocycles. The van der Waals surface area contributed by atoms with Gasteiger partial charge in [-0.3, -0.25) is 14.9 Å². The number of nitrogens with zero attached hydrogens (tertiary/aromatic N) is 1. The van der Waals surface area contributed by atoms with Crippen LogP contribution in [0.5, 0.6) is 0 Å². The van der Waals surface area contributed by atoms with Gasteiger partial charge in [-0.1, -0.05) is 19.4 Å². The van der Waals surface area contributed by atoms with Crippen molar-refractivity contribution in [3.8, 4) is 0 Å². The van der Waals surface area contributed by atoms with E-state index in [1.165, 1.54) is 18.2 Å². The third kappa shape index (κ3) is 3.67. The quantitative estimate of drug-likeness (QED) is 0.485. The van der Waals surface area contributed by atoms with Gasteiger partial charge in [0.2, 0.25) is 0 Å². The minimum absolute atomic E-state index is 0.0997. The molecule has 1 aromatic rings. The molecule has 0 aliphatic rings. The van der Waals surface area contributed by atoms with Crippen LogP contribution in [0.3, 0.4) is 0 Å². The summed E-state index contributed by atoms with van der Waals surface area (Å²) < 4.78 is 0. The van der Waals surface area contributed by atoms with Gasteiger partial charge in [-0.15, -0.1) is 0 Å². The molecular weight excluding hydrogens is 246 g/mol. The van der Waals surface area contributed by atoms with Crippen molar-refractivity contribution in [3.63, 3.8) is 0 Å². The average molecular weight is 265 g/mol. The van der Waals surface area contributed by atoms with Crippen molar-refractivity contribution in [1.82, 2.24) is 5.32 Å². The number of hydrogen-bond acceptors (Lipinski definition) is 4. The van der Waals surface area contributed by atoms with Crippen LogP contribution < -0.4 is 11.1 Å². The molecule has 0 unspecified atom stereocenters. The SMILES string of the molecule is CCCC(C)(C)NC(=O)c1cccc([N+](=O)[O-])c1N. The molecule has 3 N–H and O–H groups in total. The fourth-order valence-electron chi connectivity index (χ4n) is 1.97. The standard InChI is InChI=1S/C13H19N3O3/c1-4-8-13(2,3)15-12(17)9-6-5-7-10(11(9)14)16(18)19/h5-7H,4,8,14H2,1-3H3,(H,15,17). The number of nitro groups is 1. The molecule has 1 rings (SSSR count). The van der Waals surface area contributed by atoms with E-state index >= 15 is 0 Å². The maximum absolute atomic E-state index is 12.1. The molecule has 0 aromatic heterocycles. The average Bonchev–Trinajstić information content (AvgIpc) is 2.27. The van der Waals surface area contributed by atoms with Crippen LogP contribution in [-0.4, -0.2) is 16.4 Å². The van der Waals surface area contributed by atoms with Gasteiger partial charge in [0.1, 0.15) is 5.69 Å². The summed E-state index contributed by atoms with van der Waals surface area (Å²) in [5.74, 6) is -0.389. The Bertz CT molecular complexity index is 498. The van der Waals surface area contributed by atoms with Crippen LogP contribution in [0.25, 0.3) is 0 Å². The summed E-state index contributed by atoms with van der Waals surface area (Å²) >= 11 is 0. The van der Waals surface area contributed by atoms with Crippen molar-refractivity contribution in [1.29, 1.82) is 0 Å². The molecule has 0 bridgehead atoms. The van der Waals surface area contributed by atoms with Crippen molar-refractivity contribution in [2.75, 3.05) is 5.73 Å². The first-order chi connectivity index (χ1) is 8.78. The summed E-state index contributed by atoms with van der Waals surface area (Å²) in [6.07, 6.45) is 1.74. The Hall–Kier alpha value is -2.11. The Morgan fingerprint density at radius 1 is 1.47 bits per heavy atom. The predicted molar refractivity (Wildman–Crippen MR) is 74.0 cm³/mol. The van der Waals surface area contributed by atoms with Crippen LogP contribution in [-0.2, 0) is 0 Å². The van der Waals surface area contributed by atoms with E-state index in [1.807, 2.05) is 20.8 Å². The lowest BCUT2D eigenvalue weighted by Gasteiger charge is -2.26. The van der Waals surface area contributed by atoms with Gasteiger partial charge in [-0.2, -0.15) is 0 Å². The predicted octanol–water partition coefficient (Wildman–Crippen LogP) is 2.49. The second-order valence-corrected chi connectivity index (χ2v) is 5.08. The number of benzene rings is 1. The lowest BCUT2D eigenvalue weighted by molar-refractivity contribution is -0.383. The molecule has 0 radical (unpaired) electrons. The van der Waals surface area contributed by atoms with Crippen molar-refractivity contribution in [2.45, 2.75) is 39.2 Å². The number of nitrogen functional groups attached to an aromatic ring is 1. The van der Waals surface area contributed by atoms with Crippen LogP contribution in [0.2, 0.25) is 0 Å². The fraction of sp³-hybridized carbons (Fsp3) is 0.462. The summed E-state index contributed by atoms with van der Waals surface area (Å²) in [5.41, 5.74) is 5.09. The number of carbonyl (C=O) groups excluding carboxylic acids is 1. The van der Waals surface area contributed by atoms with E-state index < -0.39 is 4.92 Å². The number of anilines is 1. The Balaban J connectivity index is 3.01. The number of carbonyl (C=O) groups is 1. The summed E-state index contributed by atoms with van der Waals surface area (Å²) in [6.45, 7) is 5.83. The van der Waals surface area contributed by atoms with Gasteiger partial charge >= 0.3 is 0 Å². The highest BCUT2D eigenvalue weighted by molar-refractivity contribution is 6.01. The summed E-state index contributed by atoms with van der Waals surface area (Å²) in [6, 6.07) is 4.22. The highest BCUT2D eigenvalue weighted by Gasteiger charge is 2.24. The van der Waals surface area contributed by atoms with Gasteiger partial charge in [0.05, 0.1) is 10.5 Å². The van der Waals surface area contributed by atoms with E-state index in [2.05, 4.69) is 5.32 Å². The van der Waals surface area contributed by atoms with Crippen LogP contribution >= 0.6 is 0 Å². The molecule has 0 fully saturated rings. The third-order valence-corrected chi connectivity index (χ3v) is 2.85. The summed E-state index contributed by atoms with van der Waals surface area (Å²) in [5, 5.41) is 13.6. The zero-order valence-corrected chi connectivity index (χ0v) is 11.4. The maximum Gasteiger partial charge on any atom is 0.292 e. The van der Waals surface area contributed by atoms with E-state index in [0.717, 1.165) is 12.8 Å². The molecule has 0 spiro atoms. The Labute approximate surface area is 112 Å². The smallest absolute Gasteiger partial charge is 0.292 e. The Morgan fingerprint density at radius 2 is 2.11 bits per heavy atom. The van der Waals surface area contributed by atoms with Crippen LogP contribution in [0.1, 0.15) is 44.0 Å². The summed E-state index contributed by atoms with van der Waals surface area (Å²) in [4.78, 5) is 22.3. The van der Waals surface area contributed by atoms with E-state index in [9.17, 15) is 14.9 Å². The minimum Gasteiger partial charge on any atom is -0.393 e. The first-order valence-electron chi connectivity index (χ1n) is 6.14. The number of para-hydroxylation sites is 1. The summed E-state index contributed by atoms with van der Waals surface area (Å²) in [7, 11) is 0. The van der Waals surface area contributed by atoms with Gasteiger partial charge in [-0.25, -0.2) is 0 Å². The van der Waals surface area contributed by atoms with Crippen LogP contribution in [0, 0.1) is 10.1 Å². The lowest BCUT2D eigenvalue weighted by Crippen LogP contribution is -2.43. The number of hydrogen-bond donors (Lipinski definition) is 2. The van der Waals surface area contributed by atoms with Crippen molar-refractivity contribution >= 4 is 17.3 Å². The molecule has 0 saturated heterocycles. The van der Waals surface area contributed by atoms with Crippen molar-refractivity contribution in [2.24, 2.45) is 0 Å². The van der Waals surface area contributed by atoms with Gasteiger partial charge < -0.3 is 11.1 Å². The molecule has 19 heavy (non-hydrogen) atoms. The highest BCUT2D eigenvalue weighted by atomic mass is 16.6. The number of rotatable bonds is 5. The first kappa shape index (κ1) is 14.9. The van der Waals surface area contributed by atoms with Gasteiger partial charge in [0, 0.05) is 11.6 Å². The molecular formula is C13H19N3O3. The van der Waals surface area contributed by atoms with Crippen LogP contribution in [0.4, 0.5) is 11.4 Å². The second kappa shape index (κ2) is 5.69. The Kier molecular flexibility index (Phi) is 4.47. The molecule has 0 aliphatic heterocycles. The first-order valence-corrected chi connectivity index (χ1v) is 6.14. The van der Waals surface area contributed by atoms with E-state index in [1.54, 1.807) is 0 Å². The van der Waals surface area contributed by atoms with Gasteiger partial charge in [0.25, 0.3) is 11.6 Å². The monoisotopic (exact) mass is 265 g/mol. The van der Waals surface area contributed by atoms with Crippen molar-refractivity contribution < 1.29 is 9.72 Å². The fourth-order valence-corrected chi connectivity index (χ4v) is 1.97. The molecule has 1 amide bonds. The number of amides is 1. The zero-order chi connectivity index (χ0) is 14.6. The maximum atomic E-state index is 12.1. The van der Waals surface area contributed by atoms with Gasteiger partial charge in [0.15, 0.2) is 0 Å². The second-order valence-electron chi connectivity index (χ2n) is 5.08. The largest absolute Gasteiger partial charge is 0.393 e. The molecule has 6 heteroatoms. The normalized spacial score (nSPS) is 11.1. The van der Waals surface area contributed by atoms with E-state index in [0.29, 0.717) is 0 Å². The van der Waals surface area contributed by atoms with Gasteiger partial charge in [-0.05, 0) is 26.3 Å². The highest BCUT2D eigenvalue weighted by Crippen LogP contribution is 2.25. The molecule has 0 saturated carbocycles. The third-order valence-electron chi connectivity index (χ3n) is 2.85. The Morgan fingerprint density at radius 3 is 2.63 bits per heavy atom. The molecule has 104 valence electrons. The molecule has 1 aromatic carbocycles. The van der Waals surface area contributed by atoms with Crippen molar-refractivity contribution in [3.05, 3.63) is 33.9 Å². The topological polar surface area (TPSA) is 98.3 Å². The lowest BCUT2D eigenvalue weighted by atomic mass is 9.98. The van der Waals surface area contributed by atoms with Crippen LogP contribution in [0.15, 0.2) is 18.2 Å². The number of nitrogens with one attached hydrogen (secondary N) is 1. The van der Waals surface area contributed by atoms with E-state index in [-0.39, 0.29) is 28.4 Å². The molecule has 0 aliphatic carbocycles. The van der Waals surface area contributed by atoms with E-state index in [4.69, 9.17) is 5.73 Å². The number of nitro benzene ring substituents is 1. The zero-order valence-electron chi connectivity index (χ0n) is 11.4. The molecule has 0 atom stereocenters. The minimum atomic E-state index is -0.594. The molecule has 6 nitrogen and oxygen atoms in total. The number of nitrogens with two attached hydrogens (primary N) is 1.